The van der Waals surface area contributed by atoms with Crippen molar-refractivity contribution in [1.29, 1.82) is 0 Å². The topological polar surface area (TPSA) is 44.1 Å². The van der Waals surface area contributed by atoms with Crippen LogP contribution >= 0.6 is 34.5 Å². The molecule has 1 aliphatic carbocycles. The van der Waals surface area contributed by atoms with Crippen LogP contribution in [0.4, 0.5) is 0 Å². The summed E-state index contributed by atoms with van der Waals surface area (Å²) in [5.74, 6) is -0.400. The molecule has 2 aromatic heterocycles. The molecule has 4 rings (SSSR count). The first kappa shape index (κ1) is 17.6. The molecule has 1 aromatic carbocycles. The quantitative estimate of drug-likeness (QED) is 0.539. The molecular weight excluding hydrogens is 391 g/mol. The number of hydrogen-bond acceptors (Lipinski definition) is 4. The lowest BCUT2D eigenvalue weighted by molar-refractivity contribution is 0.0517. The van der Waals surface area contributed by atoms with Crippen molar-refractivity contribution in [3.63, 3.8) is 0 Å². The molecule has 0 fully saturated rings. The molecule has 26 heavy (non-hydrogen) atoms. The highest BCUT2D eigenvalue weighted by atomic mass is 35.5. The maximum Gasteiger partial charge on any atom is 0.359 e. The fourth-order valence-electron chi connectivity index (χ4n) is 3.34. The first-order chi connectivity index (χ1) is 12.5. The Morgan fingerprint density at radius 3 is 2.85 bits per heavy atom. The van der Waals surface area contributed by atoms with Gasteiger partial charge in [-0.2, -0.15) is 5.10 Å². The van der Waals surface area contributed by atoms with Crippen LogP contribution in [0.5, 0.6) is 0 Å². The Labute approximate surface area is 165 Å². The van der Waals surface area contributed by atoms with Gasteiger partial charge in [0.05, 0.1) is 23.0 Å². The zero-order valence-corrected chi connectivity index (χ0v) is 16.6. The van der Waals surface area contributed by atoms with Crippen molar-refractivity contribution in [2.24, 2.45) is 0 Å². The Kier molecular flexibility index (Phi) is 4.55. The highest BCUT2D eigenvalue weighted by Gasteiger charge is 2.31. The van der Waals surface area contributed by atoms with Gasteiger partial charge in [0.15, 0.2) is 5.69 Å². The van der Waals surface area contributed by atoms with Gasteiger partial charge >= 0.3 is 5.97 Å². The van der Waals surface area contributed by atoms with Gasteiger partial charge in [-0.15, -0.1) is 11.3 Å². The van der Waals surface area contributed by atoms with Gasteiger partial charge in [-0.05, 0) is 51.0 Å². The second kappa shape index (κ2) is 6.72. The van der Waals surface area contributed by atoms with Crippen molar-refractivity contribution in [2.45, 2.75) is 26.7 Å². The van der Waals surface area contributed by atoms with Crippen LogP contribution in [0.25, 0.3) is 16.9 Å². The van der Waals surface area contributed by atoms with Gasteiger partial charge in [0.1, 0.15) is 0 Å². The normalized spacial score (nSPS) is 12.6. The van der Waals surface area contributed by atoms with E-state index in [0.29, 0.717) is 28.0 Å². The minimum Gasteiger partial charge on any atom is -0.461 e. The number of esters is 1. The molecule has 0 spiro atoms. The molecule has 0 saturated carbocycles. The van der Waals surface area contributed by atoms with E-state index in [1.165, 1.54) is 9.75 Å². The number of aromatic nitrogens is 2. The largest absolute Gasteiger partial charge is 0.461 e. The monoisotopic (exact) mass is 406 g/mol. The maximum absolute atomic E-state index is 12.5. The maximum atomic E-state index is 12.5. The molecule has 0 amide bonds. The summed E-state index contributed by atoms with van der Waals surface area (Å²) in [6.45, 7) is 4.19. The highest BCUT2D eigenvalue weighted by Crippen LogP contribution is 2.42. The van der Waals surface area contributed by atoms with Crippen LogP contribution in [0, 0.1) is 6.92 Å². The van der Waals surface area contributed by atoms with Crippen LogP contribution in [0.15, 0.2) is 24.3 Å². The second-order valence-electron chi connectivity index (χ2n) is 6.10. The molecule has 0 N–H and O–H groups in total. The van der Waals surface area contributed by atoms with Crippen LogP contribution in [0.3, 0.4) is 0 Å². The van der Waals surface area contributed by atoms with Gasteiger partial charge in [0.2, 0.25) is 0 Å². The summed E-state index contributed by atoms with van der Waals surface area (Å²) in [4.78, 5) is 15.0. The van der Waals surface area contributed by atoms with E-state index in [1.807, 2.05) is 6.07 Å². The van der Waals surface area contributed by atoms with E-state index < -0.39 is 5.97 Å². The summed E-state index contributed by atoms with van der Waals surface area (Å²) in [5.41, 5.74) is 4.01. The lowest BCUT2D eigenvalue weighted by Crippen LogP contribution is -2.10. The summed E-state index contributed by atoms with van der Waals surface area (Å²) < 4.78 is 6.97. The molecule has 0 aliphatic heterocycles. The van der Waals surface area contributed by atoms with Crippen molar-refractivity contribution < 1.29 is 9.53 Å². The molecule has 4 nitrogen and oxygen atoms in total. The van der Waals surface area contributed by atoms with Crippen molar-refractivity contribution in [1.82, 2.24) is 9.78 Å². The molecule has 2 heterocycles. The molecule has 134 valence electrons. The Hall–Kier alpha value is -1.82. The Morgan fingerprint density at radius 1 is 1.31 bits per heavy atom. The number of rotatable bonds is 3. The Balaban J connectivity index is 1.99. The molecule has 1 aliphatic rings. The number of carbonyl (C=O) groups excluding carboxylic acids is 1. The lowest BCUT2D eigenvalue weighted by atomic mass is 9.94. The van der Waals surface area contributed by atoms with Crippen LogP contribution in [-0.2, 0) is 17.6 Å². The van der Waals surface area contributed by atoms with Crippen LogP contribution < -0.4 is 0 Å². The lowest BCUT2D eigenvalue weighted by Gasteiger charge is -2.16. The summed E-state index contributed by atoms with van der Waals surface area (Å²) in [7, 11) is 0. The summed E-state index contributed by atoms with van der Waals surface area (Å²) in [6.07, 6.45) is 1.65. The summed E-state index contributed by atoms with van der Waals surface area (Å²) in [5, 5.41) is 5.64. The Bertz CT molecular complexity index is 1020. The molecule has 0 bridgehead atoms. The predicted octanol–water partition coefficient (Wildman–Crippen LogP) is 5.49. The second-order valence-corrected chi connectivity index (χ2v) is 8.28. The third kappa shape index (κ3) is 2.84. The number of halogens is 2. The van der Waals surface area contributed by atoms with Gasteiger partial charge in [-0.1, -0.05) is 23.2 Å². The number of hydrogen-bond donors (Lipinski definition) is 0. The van der Waals surface area contributed by atoms with Crippen LogP contribution in [0.1, 0.15) is 32.7 Å². The molecule has 3 aromatic rings. The molecule has 0 atom stereocenters. The molecule has 0 unspecified atom stereocenters. The standard InChI is InChI=1S/C19H16Cl2N2O2S/c1-3-25-19(24)17-12-5-7-16-13(8-10(2)26-16)18(12)23(22-17)15-6-4-11(20)9-14(15)21/h4,6,8-9H,3,5,7H2,1-2H3. The van der Waals surface area contributed by atoms with Gasteiger partial charge < -0.3 is 4.74 Å². The smallest absolute Gasteiger partial charge is 0.359 e. The number of carbonyl (C=O) groups is 1. The van der Waals surface area contributed by atoms with Crippen molar-refractivity contribution >= 4 is 40.5 Å². The molecule has 7 heteroatoms. The fraction of sp³-hybridized carbons (Fsp3) is 0.263. The van der Waals surface area contributed by atoms with E-state index >= 15 is 0 Å². The number of thiophene rings is 1. The molecule has 0 saturated heterocycles. The van der Waals surface area contributed by atoms with Gasteiger partial charge in [0, 0.05) is 25.9 Å². The van der Waals surface area contributed by atoms with E-state index in [4.69, 9.17) is 27.9 Å². The first-order valence-corrected chi connectivity index (χ1v) is 9.91. The predicted molar refractivity (Wildman–Crippen MR) is 105 cm³/mol. The average Bonchev–Trinajstić information content (AvgIpc) is 3.14. The van der Waals surface area contributed by atoms with E-state index in [1.54, 1.807) is 35.1 Å². The first-order valence-electron chi connectivity index (χ1n) is 8.33. The van der Waals surface area contributed by atoms with Crippen molar-refractivity contribution in [2.75, 3.05) is 6.61 Å². The molecule has 0 radical (unpaired) electrons. The number of benzene rings is 1. The summed E-state index contributed by atoms with van der Waals surface area (Å²) in [6, 6.07) is 7.41. The number of nitrogens with zero attached hydrogens (tertiary/aromatic N) is 2. The number of fused-ring (bicyclic) bond motifs is 3. The van der Waals surface area contributed by atoms with Gasteiger partial charge in [-0.3, -0.25) is 0 Å². The average molecular weight is 407 g/mol. The van der Waals surface area contributed by atoms with Crippen molar-refractivity contribution in [3.8, 4) is 16.9 Å². The highest BCUT2D eigenvalue weighted by molar-refractivity contribution is 7.12. The van der Waals surface area contributed by atoms with E-state index in [2.05, 4.69) is 18.1 Å². The van der Waals surface area contributed by atoms with Gasteiger partial charge in [0.25, 0.3) is 0 Å². The van der Waals surface area contributed by atoms with E-state index in [-0.39, 0.29) is 0 Å². The summed E-state index contributed by atoms with van der Waals surface area (Å²) >= 11 is 14.3. The van der Waals surface area contributed by atoms with Crippen LogP contribution in [-0.4, -0.2) is 22.4 Å². The zero-order chi connectivity index (χ0) is 18.4. The zero-order valence-electron chi connectivity index (χ0n) is 14.3. The van der Waals surface area contributed by atoms with E-state index in [9.17, 15) is 4.79 Å². The van der Waals surface area contributed by atoms with Crippen molar-refractivity contribution in [3.05, 3.63) is 55.3 Å². The minimum absolute atomic E-state index is 0.310. The number of aryl methyl sites for hydroxylation is 2. The minimum atomic E-state index is -0.400. The number of ether oxygens (including phenoxy) is 1. The SMILES string of the molecule is CCOC(=O)c1nn(-c2ccc(Cl)cc2Cl)c2c1CCc1sc(C)cc1-2. The fourth-order valence-corrected chi connectivity index (χ4v) is 4.87. The molecular formula is C19H16Cl2N2O2S. The van der Waals surface area contributed by atoms with E-state index in [0.717, 1.165) is 29.7 Å². The third-order valence-electron chi connectivity index (χ3n) is 4.38. The Morgan fingerprint density at radius 2 is 2.12 bits per heavy atom. The third-order valence-corrected chi connectivity index (χ3v) is 6.03. The van der Waals surface area contributed by atoms with Crippen LogP contribution in [0.2, 0.25) is 10.0 Å². The van der Waals surface area contributed by atoms with Gasteiger partial charge in [-0.25, -0.2) is 9.48 Å².